The number of ether oxygens (including phenoxy) is 2. The number of anilines is 1. The van der Waals surface area contributed by atoms with Gasteiger partial charge >= 0.3 is 0 Å². The zero-order valence-corrected chi connectivity index (χ0v) is 14.2. The summed E-state index contributed by atoms with van der Waals surface area (Å²) in [4.78, 5) is 12.0. The SMILES string of the molecule is CCC(C)(C)NCC(=O)Nc1cc2c(cc1Br)OCCO2. The molecule has 0 saturated carbocycles. The maximum atomic E-state index is 12.0. The molecule has 0 saturated heterocycles. The van der Waals surface area contributed by atoms with Crippen molar-refractivity contribution in [2.45, 2.75) is 32.7 Å². The topological polar surface area (TPSA) is 59.6 Å². The predicted molar refractivity (Wildman–Crippen MR) is 86.1 cm³/mol. The van der Waals surface area contributed by atoms with E-state index in [2.05, 4.69) is 47.3 Å². The summed E-state index contributed by atoms with van der Waals surface area (Å²) in [6.07, 6.45) is 0.952. The summed E-state index contributed by atoms with van der Waals surface area (Å²) in [6, 6.07) is 3.59. The van der Waals surface area contributed by atoms with Crippen LogP contribution in [0.15, 0.2) is 16.6 Å². The second-order valence-corrected chi connectivity index (χ2v) is 6.47. The van der Waals surface area contributed by atoms with Gasteiger partial charge in [-0.3, -0.25) is 4.79 Å². The van der Waals surface area contributed by atoms with Crippen molar-refractivity contribution < 1.29 is 14.3 Å². The van der Waals surface area contributed by atoms with Crippen LogP contribution in [0.3, 0.4) is 0 Å². The second kappa shape index (κ2) is 6.66. The van der Waals surface area contributed by atoms with Gasteiger partial charge in [0.25, 0.3) is 0 Å². The molecule has 0 atom stereocenters. The Hall–Kier alpha value is -1.27. The monoisotopic (exact) mass is 356 g/mol. The highest BCUT2D eigenvalue weighted by molar-refractivity contribution is 9.10. The minimum Gasteiger partial charge on any atom is -0.486 e. The van der Waals surface area contributed by atoms with E-state index >= 15 is 0 Å². The first kappa shape index (κ1) is 16.1. The first-order chi connectivity index (χ1) is 9.91. The summed E-state index contributed by atoms with van der Waals surface area (Å²) in [5.41, 5.74) is 0.627. The van der Waals surface area contributed by atoms with Crippen LogP contribution in [-0.4, -0.2) is 31.2 Å². The van der Waals surface area contributed by atoms with E-state index in [9.17, 15) is 4.79 Å². The van der Waals surface area contributed by atoms with E-state index in [1.807, 2.05) is 6.07 Å². The van der Waals surface area contributed by atoms with Crippen LogP contribution >= 0.6 is 15.9 Å². The van der Waals surface area contributed by atoms with Gasteiger partial charge in [-0.25, -0.2) is 0 Å². The molecule has 0 spiro atoms. The number of hydrogen-bond acceptors (Lipinski definition) is 4. The summed E-state index contributed by atoms with van der Waals surface area (Å²) >= 11 is 3.44. The molecule has 1 heterocycles. The van der Waals surface area contributed by atoms with E-state index in [-0.39, 0.29) is 18.0 Å². The van der Waals surface area contributed by atoms with Gasteiger partial charge in [-0.15, -0.1) is 0 Å². The molecule has 2 N–H and O–H groups in total. The quantitative estimate of drug-likeness (QED) is 0.851. The van der Waals surface area contributed by atoms with Gasteiger partial charge in [0.2, 0.25) is 5.91 Å². The van der Waals surface area contributed by atoms with Gasteiger partial charge < -0.3 is 20.1 Å². The number of rotatable bonds is 5. The molecule has 0 radical (unpaired) electrons. The van der Waals surface area contributed by atoms with E-state index in [1.54, 1.807) is 6.07 Å². The lowest BCUT2D eigenvalue weighted by atomic mass is 10.0. The number of carbonyl (C=O) groups is 1. The predicted octanol–water partition coefficient (Wildman–Crippen LogP) is 2.94. The molecule has 1 aliphatic heterocycles. The minimum absolute atomic E-state index is 0.0542. The second-order valence-electron chi connectivity index (χ2n) is 5.61. The van der Waals surface area contributed by atoms with Crippen molar-refractivity contribution in [3.05, 3.63) is 16.6 Å². The van der Waals surface area contributed by atoms with Crippen LogP contribution in [-0.2, 0) is 4.79 Å². The van der Waals surface area contributed by atoms with Gasteiger partial charge in [-0.05, 0) is 36.2 Å². The summed E-state index contributed by atoms with van der Waals surface area (Å²) in [5, 5.41) is 6.10. The van der Waals surface area contributed by atoms with Crippen molar-refractivity contribution in [3.63, 3.8) is 0 Å². The van der Waals surface area contributed by atoms with Crippen LogP contribution in [0, 0.1) is 0 Å². The van der Waals surface area contributed by atoms with Crippen molar-refractivity contribution in [3.8, 4) is 11.5 Å². The molecule has 1 aromatic carbocycles. The van der Waals surface area contributed by atoms with Gasteiger partial charge in [0.15, 0.2) is 11.5 Å². The summed E-state index contributed by atoms with van der Waals surface area (Å²) in [5.74, 6) is 1.26. The zero-order chi connectivity index (χ0) is 15.5. The molecule has 0 unspecified atom stereocenters. The fourth-order valence-corrected chi connectivity index (χ4v) is 2.22. The first-order valence-corrected chi connectivity index (χ1v) is 7.84. The summed E-state index contributed by atoms with van der Waals surface area (Å²) in [7, 11) is 0. The van der Waals surface area contributed by atoms with Crippen molar-refractivity contribution in [2.24, 2.45) is 0 Å². The third-order valence-electron chi connectivity index (χ3n) is 3.52. The summed E-state index contributed by atoms with van der Waals surface area (Å²) < 4.78 is 11.8. The van der Waals surface area contributed by atoms with Crippen LogP contribution in [0.25, 0.3) is 0 Å². The van der Waals surface area contributed by atoms with Crippen LogP contribution < -0.4 is 20.1 Å². The van der Waals surface area contributed by atoms with Crippen molar-refractivity contribution in [2.75, 3.05) is 25.1 Å². The Morgan fingerprint density at radius 2 is 1.90 bits per heavy atom. The van der Waals surface area contributed by atoms with E-state index in [0.717, 1.165) is 10.9 Å². The molecule has 0 bridgehead atoms. The Balaban J connectivity index is 2.01. The Kier molecular flexibility index (Phi) is 5.11. The lowest BCUT2D eigenvalue weighted by Gasteiger charge is -2.24. The van der Waals surface area contributed by atoms with Gasteiger partial charge in [0.1, 0.15) is 13.2 Å². The number of amides is 1. The first-order valence-electron chi connectivity index (χ1n) is 7.05. The molecule has 21 heavy (non-hydrogen) atoms. The van der Waals surface area contributed by atoms with Crippen LogP contribution in [0.2, 0.25) is 0 Å². The average Bonchev–Trinajstić information content (AvgIpc) is 2.46. The van der Waals surface area contributed by atoms with Crippen molar-refractivity contribution in [1.82, 2.24) is 5.32 Å². The molecule has 5 nitrogen and oxygen atoms in total. The van der Waals surface area contributed by atoms with E-state index in [1.165, 1.54) is 0 Å². The lowest BCUT2D eigenvalue weighted by Crippen LogP contribution is -2.43. The molecule has 0 aliphatic carbocycles. The minimum atomic E-state index is -0.0890. The zero-order valence-electron chi connectivity index (χ0n) is 12.6. The van der Waals surface area contributed by atoms with Gasteiger partial charge in [-0.1, -0.05) is 6.92 Å². The highest BCUT2D eigenvalue weighted by Crippen LogP contribution is 2.38. The van der Waals surface area contributed by atoms with Gasteiger partial charge in [0.05, 0.1) is 12.2 Å². The number of benzene rings is 1. The third-order valence-corrected chi connectivity index (χ3v) is 4.17. The molecular formula is C15H21BrN2O3. The average molecular weight is 357 g/mol. The molecular weight excluding hydrogens is 336 g/mol. The Morgan fingerprint density at radius 1 is 1.29 bits per heavy atom. The van der Waals surface area contributed by atoms with E-state index in [0.29, 0.717) is 30.4 Å². The standard InChI is InChI=1S/C15H21BrN2O3/c1-4-15(2,3)17-9-14(19)18-11-8-13-12(7-10(11)16)20-5-6-21-13/h7-8,17H,4-6,9H2,1-3H3,(H,18,19). The largest absolute Gasteiger partial charge is 0.486 e. The smallest absolute Gasteiger partial charge is 0.238 e. The fraction of sp³-hybridized carbons (Fsp3) is 0.533. The number of hydrogen-bond donors (Lipinski definition) is 2. The van der Waals surface area contributed by atoms with Crippen LogP contribution in [0.5, 0.6) is 11.5 Å². The Labute approximate surface area is 133 Å². The maximum absolute atomic E-state index is 12.0. The summed E-state index contributed by atoms with van der Waals surface area (Å²) in [6.45, 7) is 7.56. The molecule has 2 rings (SSSR count). The molecule has 0 aromatic heterocycles. The van der Waals surface area contributed by atoms with E-state index in [4.69, 9.17) is 9.47 Å². The number of fused-ring (bicyclic) bond motifs is 1. The van der Waals surface area contributed by atoms with Crippen LogP contribution in [0.4, 0.5) is 5.69 Å². The molecule has 1 amide bonds. The highest BCUT2D eigenvalue weighted by Gasteiger charge is 2.18. The highest BCUT2D eigenvalue weighted by atomic mass is 79.9. The van der Waals surface area contributed by atoms with Crippen LogP contribution in [0.1, 0.15) is 27.2 Å². The normalized spacial score (nSPS) is 13.9. The molecule has 1 aliphatic rings. The number of carbonyl (C=O) groups excluding carboxylic acids is 1. The number of halogens is 1. The Bertz CT molecular complexity index is 532. The molecule has 6 heteroatoms. The fourth-order valence-electron chi connectivity index (χ4n) is 1.80. The molecule has 1 aromatic rings. The third kappa shape index (κ3) is 4.35. The lowest BCUT2D eigenvalue weighted by molar-refractivity contribution is -0.115. The molecule has 0 fully saturated rings. The Morgan fingerprint density at radius 3 is 2.52 bits per heavy atom. The van der Waals surface area contributed by atoms with Gasteiger partial charge in [0, 0.05) is 22.1 Å². The van der Waals surface area contributed by atoms with Gasteiger partial charge in [-0.2, -0.15) is 0 Å². The number of nitrogens with one attached hydrogen (secondary N) is 2. The maximum Gasteiger partial charge on any atom is 0.238 e. The van der Waals surface area contributed by atoms with Crippen molar-refractivity contribution in [1.29, 1.82) is 0 Å². The molecule has 116 valence electrons. The van der Waals surface area contributed by atoms with E-state index < -0.39 is 0 Å². The van der Waals surface area contributed by atoms with Crippen molar-refractivity contribution >= 4 is 27.5 Å².